The minimum absolute atomic E-state index is 0.107. The predicted molar refractivity (Wildman–Crippen MR) is 123 cm³/mol. The number of hydrogen-bond acceptors (Lipinski definition) is 7. The Morgan fingerprint density at radius 1 is 1.34 bits per heavy atom. The lowest BCUT2D eigenvalue weighted by atomic mass is 10.2. The number of anilines is 2. The van der Waals surface area contributed by atoms with Crippen LogP contribution in [0.4, 0.5) is 16.3 Å². The quantitative estimate of drug-likeness (QED) is 0.443. The van der Waals surface area contributed by atoms with Crippen LogP contribution in [0.25, 0.3) is 11.2 Å². The van der Waals surface area contributed by atoms with E-state index in [1.54, 1.807) is 30.6 Å². The van der Waals surface area contributed by atoms with Crippen LogP contribution in [0.15, 0.2) is 36.9 Å². The summed E-state index contributed by atoms with van der Waals surface area (Å²) >= 11 is 5.93. The lowest BCUT2D eigenvalue weighted by Gasteiger charge is -2.21. The first-order valence-corrected chi connectivity index (χ1v) is 10.9. The second kappa shape index (κ2) is 10.1. The lowest BCUT2D eigenvalue weighted by molar-refractivity contribution is -0.00849. The number of benzene rings is 1. The summed E-state index contributed by atoms with van der Waals surface area (Å²) in [7, 11) is 2.06. The average molecular weight is 459 g/mol. The van der Waals surface area contributed by atoms with Crippen LogP contribution in [-0.4, -0.2) is 63.2 Å². The summed E-state index contributed by atoms with van der Waals surface area (Å²) in [5.74, 6) is 0.373. The van der Waals surface area contributed by atoms with Gasteiger partial charge in [0.05, 0.1) is 12.4 Å². The van der Waals surface area contributed by atoms with E-state index in [0.29, 0.717) is 34.2 Å². The number of urea groups is 1. The van der Waals surface area contributed by atoms with E-state index in [4.69, 9.17) is 22.1 Å². The number of carbonyl (C=O) groups excluding carboxylic acids is 1. The third-order valence-electron chi connectivity index (χ3n) is 5.38. The number of nitrogens with zero attached hydrogens (tertiary/aromatic N) is 5. The van der Waals surface area contributed by atoms with Crippen molar-refractivity contribution in [3.8, 4) is 0 Å². The molecule has 1 aliphatic rings. The summed E-state index contributed by atoms with van der Waals surface area (Å²) in [5.41, 5.74) is 7.83. The normalized spacial score (nSPS) is 18.3. The first-order chi connectivity index (χ1) is 15.5. The molecule has 0 spiro atoms. The number of nitrogens with two attached hydrogens (primary N) is 1. The van der Waals surface area contributed by atoms with Crippen LogP contribution >= 0.6 is 11.6 Å². The minimum atomic E-state index is -0.242. The first kappa shape index (κ1) is 22.3. The number of carbonyl (C=O) groups is 1. The van der Waals surface area contributed by atoms with Gasteiger partial charge in [0, 0.05) is 23.8 Å². The highest BCUT2D eigenvalue weighted by Gasteiger charge is 2.28. The van der Waals surface area contributed by atoms with Crippen molar-refractivity contribution in [1.82, 2.24) is 29.7 Å². The number of nitrogens with one attached hydrogen (secondary N) is 2. The zero-order valence-electron chi connectivity index (χ0n) is 17.9. The van der Waals surface area contributed by atoms with E-state index in [2.05, 4.69) is 37.5 Å². The largest absolute Gasteiger partial charge is 0.382 e. The maximum Gasteiger partial charge on any atom is 0.319 e. The Balaban J connectivity index is 1.17. The summed E-state index contributed by atoms with van der Waals surface area (Å²) in [5, 5.41) is 6.22. The molecule has 2 amide bonds. The molecule has 1 saturated heterocycles. The number of fused-ring (bicyclic) bond motifs is 1. The van der Waals surface area contributed by atoms with E-state index in [9.17, 15) is 4.79 Å². The molecule has 1 aliphatic heterocycles. The Morgan fingerprint density at radius 2 is 2.22 bits per heavy atom. The highest BCUT2D eigenvalue weighted by Crippen LogP contribution is 2.31. The van der Waals surface area contributed by atoms with Crippen LogP contribution in [0.5, 0.6) is 0 Å². The molecule has 170 valence electrons. The number of amides is 2. The Bertz CT molecular complexity index is 1070. The summed E-state index contributed by atoms with van der Waals surface area (Å²) in [4.78, 5) is 26.8. The zero-order valence-corrected chi connectivity index (χ0v) is 18.6. The van der Waals surface area contributed by atoms with Gasteiger partial charge in [-0.1, -0.05) is 17.7 Å². The monoisotopic (exact) mass is 458 g/mol. The van der Waals surface area contributed by atoms with Crippen molar-refractivity contribution in [3.05, 3.63) is 41.9 Å². The van der Waals surface area contributed by atoms with Crippen molar-refractivity contribution >= 4 is 40.3 Å². The Labute approximate surface area is 191 Å². The number of rotatable bonds is 8. The smallest absolute Gasteiger partial charge is 0.319 e. The molecule has 2 aromatic heterocycles. The van der Waals surface area contributed by atoms with Crippen molar-refractivity contribution in [2.24, 2.45) is 0 Å². The summed E-state index contributed by atoms with van der Waals surface area (Å²) in [6, 6.07) is 6.81. The molecular formula is C21H27ClN8O2. The molecule has 1 aromatic carbocycles. The second-order valence-electron chi connectivity index (χ2n) is 7.88. The topological polar surface area (TPSA) is 123 Å². The summed E-state index contributed by atoms with van der Waals surface area (Å²) in [6.45, 7) is 2.24. The fraction of sp³-hybridized carbons (Fsp3) is 0.429. The van der Waals surface area contributed by atoms with Crippen molar-refractivity contribution < 1.29 is 9.53 Å². The third-order valence-corrected chi connectivity index (χ3v) is 5.62. The number of nitrogen functional groups attached to an aromatic ring is 1. The first-order valence-electron chi connectivity index (χ1n) is 10.6. The predicted octanol–water partition coefficient (Wildman–Crippen LogP) is 2.88. The van der Waals surface area contributed by atoms with Gasteiger partial charge >= 0.3 is 6.03 Å². The molecule has 0 saturated carbocycles. The van der Waals surface area contributed by atoms with E-state index < -0.39 is 0 Å². The average Bonchev–Trinajstić information content (AvgIpc) is 3.39. The van der Waals surface area contributed by atoms with Gasteiger partial charge < -0.3 is 26.0 Å². The van der Waals surface area contributed by atoms with Crippen LogP contribution in [0.1, 0.15) is 25.5 Å². The maximum atomic E-state index is 12.0. The van der Waals surface area contributed by atoms with Crippen molar-refractivity contribution in [2.45, 2.75) is 31.6 Å². The Hall–Kier alpha value is -2.95. The van der Waals surface area contributed by atoms with Gasteiger partial charge in [0.25, 0.3) is 0 Å². The highest BCUT2D eigenvalue weighted by atomic mass is 35.5. The van der Waals surface area contributed by atoms with E-state index in [1.807, 2.05) is 4.57 Å². The van der Waals surface area contributed by atoms with Gasteiger partial charge in [-0.2, -0.15) is 0 Å². The second-order valence-corrected chi connectivity index (χ2v) is 8.32. The van der Waals surface area contributed by atoms with Crippen molar-refractivity contribution in [3.63, 3.8) is 0 Å². The molecule has 3 aromatic rings. The molecule has 0 aliphatic carbocycles. The van der Waals surface area contributed by atoms with E-state index in [0.717, 1.165) is 32.4 Å². The fourth-order valence-electron chi connectivity index (χ4n) is 3.84. The minimum Gasteiger partial charge on any atom is -0.382 e. The van der Waals surface area contributed by atoms with E-state index >= 15 is 0 Å². The van der Waals surface area contributed by atoms with Gasteiger partial charge in [0.15, 0.2) is 11.5 Å². The van der Waals surface area contributed by atoms with Gasteiger partial charge in [0.1, 0.15) is 18.1 Å². The molecule has 4 rings (SSSR count). The molecular weight excluding hydrogens is 432 g/mol. The van der Waals surface area contributed by atoms with Crippen LogP contribution in [0.3, 0.4) is 0 Å². The molecule has 32 heavy (non-hydrogen) atoms. The molecule has 11 heteroatoms. The van der Waals surface area contributed by atoms with Gasteiger partial charge in [-0.3, -0.25) is 4.57 Å². The van der Waals surface area contributed by atoms with Gasteiger partial charge in [0.2, 0.25) is 0 Å². The molecule has 2 unspecified atom stereocenters. The molecule has 3 heterocycles. The van der Waals surface area contributed by atoms with Gasteiger partial charge in [-0.25, -0.2) is 19.7 Å². The lowest BCUT2D eigenvalue weighted by Crippen LogP contribution is -2.34. The SMILES string of the molecule is CN(CCCNC(=O)Nc1cccc(Cl)c1)CC1CCC(n2cnc3c(N)ncnc32)O1. The van der Waals surface area contributed by atoms with Crippen molar-refractivity contribution in [2.75, 3.05) is 37.7 Å². The standard InChI is InChI=1S/C21H27ClN8O2/c1-29(9-3-8-24-21(31)28-15-5-2-4-14(22)10-15)11-16-6-7-17(32-16)30-13-27-18-19(23)25-12-26-20(18)30/h2,4-5,10,12-13,16-17H,3,6-9,11H2,1H3,(H2,23,25,26)(H2,24,28,31). The number of halogens is 1. The fourth-order valence-corrected chi connectivity index (χ4v) is 4.03. The Kier molecular flexibility index (Phi) is 7.03. The van der Waals surface area contributed by atoms with Crippen molar-refractivity contribution in [1.29, 1.82) is 0 Å². The van der Waals surface area contributed by atoms with Gasteiger partial charge in [-0.05, 0) is 51.1 Å². The molecule has 1 fully saturated rings. The molecule has 10 nitrogen and oxygen atoms in total. The number of aromatic nitrogens is 4. The molecule has 0 bridgehead atoms. The number of imidazole rings is 1. The van der Waals surface area contributed by atoms with E-state index in [1.165, 1.54) is 6.33 Å². The molecule has 2 atom stereocenters. The number of ether oxygens (including phenoxy) is 1. The van der Waals surface area contributed by atoms with Crippen LogP contribution < -0.4 is 16.4 Å². The van der Waals surface area contributed by atoms with Crippen LogP contribution in [0.2, 0.25) is 5.02 Å². The maximum absolute atomic E-state index is 12.0. The summed E-state index contributed by atoms with van der Waals surface area (Å²) in [6.07, 6.45) is 5.85. The number of hydrogen-bond donors (Lipinski definition) is 3. The summed E-state index contributed by atoms with van der Waals surface area (Å²) < 4.78 is 8.16. The highest BCUT2D eigenvalue weighted by molar-refractivity contribution is 6.30. The molecule has 0 radical (unpaired) electrons. The number of likely N-dealkylation sites (N-methyl/N-ethyl adjacent to an activating group) is 1. The third kappa shape index (κ3) is 5.45. The van der Waals surface area contributed by atoms with E-state index in [-0.39, 0.29) is 18.4 Å². The van der Waals surface area contributed by atoms with Gasteiger partial charge in [-0.15, -0.1) is 0 Å². The zero-order chi connectivity index (χ0) is 22.5. The van der Waals surface area contributed by atoms with Crippen LogP contribution in [0, 0.1) is 0 Å². The Morgan fingerprint density at radius 3 is 3.06 bits per heavy atom. The molecule has 4 N–H and O–H groups in total. The van der Waals surface area contributed by atoms with Crippen LogP contribution in [-0.2, 0) is 4.74 Å².